The van der Waals surface area contributed by atoms with Crippen LogP contribution < -0.4 is 11.1 Å². The van der Waals surface area contributed by atoms with Crippen LogP contribution in [0, 0.1) is 5.92 Å². The molecule has 4 heteroatoms. The molecule has 1 aromatic carbocycles. The molecule has 1 saturated heterocycles. The molecule has 0 saturated carbocycles. The molecule has 94 valence electrons. The van der Waals surface area contributed by atoms with Crippen molar-refractivity contribution in [3.05, 3.63) is 28.7 Å². The topological polar surface area (TPSA) is 47.3 Å². The van der Waals surface area contributed by atoms with Gasteiger partial charge in [0.2, 0.25) is 0 Å². The summed E-state index contributed by atoms with van der Waals surface area (Å²) in [6.45, 7) is 2.40. The minimum Gasteiger partial charge on any atom is -0.381 e. The Balaban J connectivity index is 1.96. The number of halogens is 1. The molecule has 0 radical (unpaired) electrons. The van der Waals surface area contributed by atoms with Gasteiger partial charge in [-0.2, -0.15) is 0 Å². The van der Waals surface area contributed by atoms with Crippen molar-refractivity contribution in [3.8, 4) is 0 Å². The normalized spacial score (nSPS) is 18.9. The number of hydrogen-bond donors (Lipinski definition) is 2. The average Bonchev–Trinajstić information content (AvgIpc) is 2.39. The van der Waals surface area contributed by atoms with Crippen LogP contribution in [0.1, 0.15) is 12.8 Å². The van der Waals surface area contributed by atoms with E-state index in [-0.39, 0.29) is 0 Å². The van der Waals surface area contributed by atoms with Gasteiger partial charge in [-0.15, -0.1) is 0 Å². The minimum atomic E-state index is 0.347. The molecule has 1 atom stereocenters. The summed E-state index contributed by atoms with van der Waals surface area (Å²) in [5.74, 6) is 0.623. The van der Waals surface area contributed by atoms with Gasteiger partial charge >= 0.3 is 0 Å². The van der Waals surface area contributed by atoms with Gasteiger partial charge in [0.1, 0.15) is 0 Å². The molecule has 1 fully saturated rings. The molecule has 1 aliphatic rings. The first-order valence-corrected chi connectivity index (χ1v) is 6.89. The monoisotopic (exact) mass is 298 g/mol. The van der Waals surface area contributed by atoms with E-state index in [1.807, 2.05) is 12.1 Å². The quantitative estimate of drug-likeness (QED) is 0.898. The fourth-order valence-electron chi connectivity index (χ4n) is 2.25. The summed E-state index contributed by atoms with van der Waals surface area (Å²) < 4.78 is 6.48. The maximum Gasteiger partial charge on any atom is 0.0469 e. The molecule has 17 heavy (non-hydrogen) atoms. The highest BCUT2D eigenvalue weighted by atomic mass is 79.9. The number of nitrogens with one attached hydrogen (secondary N) is 1. The Hall–Kier alpha value is -0.580. The van der Waals surface area contributed by atoms with Crippen LogP contribution in [-0.2, 0) is 4.74 Å². The third kappa shape index (κ3) is 3.69. The van der Waals surface area contributed by atoms with Crippen LogP contribution in [0.25, 0.3) is 0 Å². The highest BCUT2D eigenvalue weighted by Crippen LogP contribution is 2.22. The highest BCUT2D eigenvalue weighted by Gasteiger charge is 2.22. The number of ether oxygens (including phenoxy) is 1. The van der Waals surface area contributed by atoms with Crippen molar-refractivity contribution in [2.45, 2.75) is 18.9 Å². The summed E-state index contributed by atoms with van der Waals surface area (Å²) in [6.07, 6.45) is 2.21. The second-order valence-corrected chi connectivity index (χ2v) is 5.36. The van der Waals surface area contributed by atoms with E-state index < -0.39 is 0 Å². The van der Waals surface area contributed by atoms with Crippen molar-refractivity contribution in [3.63, 3.8) is 0 Å². The Bertz CT molecular complexity index is 336. The molecule has 0 aromatic heterocycles. The molecule has 3 N–H and O–H groups in total. The Labute approximate surface area is 111 Å². The van der Waals surface area contributed by atoms with Crippen molar-refractivity contribution in [2.75, 3.05) is 25.1 Å². The van der Waals surface area contributed by atoms with Gasteiger partial charge < -0.3 is 15.8 Å². The predicted molar refractivity (Wildman–Crippen MR) is 74.2 cm³/mol. The zero-order chi connectivity index (χ0) is 12.1. The van der Waals surface area contributed by atoms with Crippen LogP contribution in [0.3, 0.4) is 0 Å². The molecule has 3 nitrogen and oxygen atoms in total. The van der Waals surface area contributed by atoms with Gasteiger partial charge in [0.05, 0.1) is 0 Å². The summed E-state index contributed by atoms with van der Waals surface area (Å²) >= 11 is 3.44. The Morgan fingerprint density at radius 1 is 1.29 bits per heavy atom. The Morgan fingerprint density at radius 3 is 2.53 bits per heavy atom. The maximum atomic E-state index is 5.87. The van der Waals surface area contributed by atoms with Gasteiger partial charge in [0.25, 0.3) is 0 Å². The number of hydrogen-bond acceptors (Lipinski definition) is 3. The number of anilines is 1. The molecule has 0 aliphatic carbocycles. The van der Waals surface area contributed by atoms with Crippen molar-refractivity contribution in [2.24, 2.45) is 11.7 Å². The fraction of sp³-hybridized carbons (Fsp3) is 0.538. The zero-order valence-corrected chi connectivity index (χ0v) is 11.4. The first kappa shape index (κ1) is 12.9. The van der Waals surface area contributed by atoms with E-state index in [0.717, 1.165) is 36.2 Å². The number of nitrogens with two attached hydrogens (primary N) is 1. The molecule has 0 amide bonds. The van der Waals surface area contributed by atoms with Crippen molar-refractivity contribution in [1.82, 2.24) is 0 Å². The molecular weight excluding hydrogens is 280 g/mol. The Morgan fingerprint density at radius 2 is 1.94 bits per heavy atom. The van der Waals surface area contributed by atoms with Crippen molar-refractivity contribution in [1.29, 1.82) is 0 Å². The first-order chi connectivity index (χ1) is 8.29. The van der Waals surface area contributed by atoms with Crippen LogP contribution in [-0.4, -0.2) is 25.8 Å². The summed E-state index contributed by atoms with van der Waals surface area (Å²) in [5.41, 5.74) is 7.00. The van der Waals surface area contributed by atoms with Crippen LogP contribution in [0.4, 0.5) is 5.69 Å². The molecule has 1 unspecified atom stereocenters. The van der Waals surface area contributed by atoms with E-state index in [1.165, 1.54) is 0 Å². The van der Waals surface area contributed by atoms with Crippen molar-refractivity contribution < 1.29 is 4.74 Å². The smallest absolute Gasteiger partial charge is 0.0469 e. The molecule has 1 aromatic rings. The third-order valence-electron chi connectivity index (χ3n) is 3.29. The highest BCUT2D eigenvalue weighted by molar-refractivity contribution is 9.10. The number of benzene rings is 1. The average molecular weight is 299 g/mol. The summed E-state index contributed by atoms with van der Waals surface area (Å²) in [4.78, 5) is 0. The fourth-order valence-corrected chi connectivity index (χ4v) is 2.51. The van der Waals surface area contributed by atoms with E-state index in [4.69, 9.17) is 10.5 Å². The molecule has 1 aliphatic heterocycles. The lowest BCUT2D eigenvalue weighted by molar-refractivity contribution is 0.0614. The van der Waals surface area contributed by atoms with Crippen LogP contribution in [0.15, 0.2) is 28.7 Å². The van der Waals surface area contributed by atoms with E-state index in [0.29, 0.717) is 18.5 Å². The maximum absolute atomic E-state index is 5.87. The molecule has 1 heterocycles. The summed E-state index contributed by atoms with van der Waals surface area (Å²) in [7, 11) is 0. The van der Waals surface area contributed by atoms with Gasteiger partial charge in [-0.3, -0.25) is 0 Å². The zero-order valence-electron chi connectivity index (χ0n) is 9.86. The molecule has 2 rings (SSSR count). The van der Waals surface area contributed by atoms with Gasteiger partial charge in [-0.1, -0.05) is 15.9 Å². The SMILES string of the molecule is NCC(Nc1ccc(Br)cc1)C1CCOCC1. The van der Waals surface area contributed by atoms with Crippen molar-refractivity contribution >= 4 is 21.6 Å². The van der Waals surface area contributed by atoms with E-state index in [9.17, 15) is 0 Å². The lowest BCUT2D eigenvalue weighted by atomic mass is 9.91. The molecular formula is C13H19BrN2O. The summed E-state index contributed by atoms with van der Waals surface area (Å²) in [6, 6.07) is 8.58. The van der Waals surface area contributed by atoms with E-state index >= 15 is 0 Å². The summed E-state index contributed by atoms with van der Waals surface area (Å²) in [5, 5.41) is 3.52. The third-order valence-corrected chi connectivity index (χ3v) is 3.81. The van der Waals surface area contributed by atoms with Gasteiger partial charge in [-0.25, -0.2) is 0 Å². The Kier molecular flexibility index (Phi) is 4.83. The van der Waals surface area contributed by atoms with Crippen LogP contribution in [0.5, 0.6) is 0 Å². The first-order valence-electron chi connectivity index (χ1n) is 6.09. The minimum absolute atomic E-state index is 0.347. The molecule has 0 bridgehead atoms. The van der Waals surface area contributed by atoms with E-state index in [1.54, 1.807) is 0 Å². The lowest BCUT2D eigenvalue weighted by Gasteiger charge is -2.30. The number of rotatable bonds is 4. The molecule has 0 spiro atoms. The standard InChI is InChI=1S/C13H19BrN2O/c14-11-1-3-12(4-2-11)16-13(9-15)10-5-7-17-8-6-10/h1-4,10,13,16H,5-9,15H2. The lowest BCUT2D eigenvalue weighted by Crippen LogP contribution is -2.39. The van der Waals surface area contributed by atoms with Gasteiger partial charge in [0.15, 0.2) is 0 Å². The van der Waals surface area contributed by atoms with E-state index in [2.05, 4.69) is 33.4 Å². The second-order valence-electron chi connectivity index (χ2n) is 4.44. The predicted octanol–water partition coefficient (Wildman–Crippen LogP) is 2.61. The van der Waals surface area contributed by atoms with Gasteiger partial charge in [0, 0.05) is 36.0 Å². The van der Waals surface area contributed by atoms with Crippen LogP contribution >= 0.6 is 15.9 Å². The largest absolute Gasteiger partial charge is 0.381 e. The van der Waals surface area contributed by atoms with Crippen LogP contribution in [0.2, 0.25) is 0 Å². The second kappa shape index (κ2) is 6.38. The van der Waals surface area contributed by atoms with Gasteiger partial charge in [-0.05, 0) is 43.0 Å².